The number of hydrogen-bond acceptors (Lipinski definition) is 3. The Morgan fingerprint density at radius 1 is 1.10 bits per heavy atom. The topological polar surface area (TPSA) is 67.2 Å². The van der Waals surface area contributed by atoms with Crippen LogP contribution in [0.1, 0.15) is 39.4 Å². The van der Waals surface area contributed by atoms with E-state index in [4.69, 9.17) is 0 Å². The van der Waals surface area contributed by atoms with Crippen molar-refractivity contribution in [3.8, 4) is 0 Å². The zero-order valence-electron chi connectivity index (χ0n) is 15.8. The van der Waals surface area contributed by atoms with Crippen molar-refractivity contribution in [3.05, 3.63) is 77.6 Å². The van der Waals surface area contributed by atoms with Crippen molar-refractivity contribution in [1.29, 1.82) is 0 Å². The molecule has 1 aliphatic rings. The summed E-state index contributed by atoms with van der Waals surface area (Å²) in [5, 5.41) is 6.91. The van der Waals surface area contributed by atoms with Crippen LogP contribution in [0.5, 0.6) is 0 Å². The molecular weight excluding hydrogens is 397 g/mol. The number of benzene rings is 2. The molecule has 0 saturated heterocycles. The van der Waals surface area contributed by atoms with Crippen molar-refractivity contribution < 1.29 is 22.8 Å². The summed E-state index contributed by atoms with van der Waals surface area (Å²) in [5.41, 5.74) is 0.297. The highest BCUT2D eigenvalue weighted by atomic mass is 19.4. The molecule has 30 heavy (non-hydrogen) atoms. The van der Waals surface area contributed by atoms with E-state index in [-0.39, 0.29) is 23.8 Å². The first-order chi connectivity index (χ1) is 14.3. The van der Waals surface area contributed by atoms with Gasteiger partial charge in [0, 0.05) is 17.9 Å². The average Bonchev–Trinajstić information content (AvgIpc) is 3.17. The fourth-order valence-electron chi connectivity index (χ4n) is 3.40. The predicted octanol–water partition coefficient (Wildman–Crippen LogP) is 4.38. The van der Waals surface area contributed by atoms with Gasteiger partial charge in [-0.1, -0.05) is 18.2 Å². The quantitative estimate of drug-likeness (QED) is 0.692. The van der Waals surface area contributed by atoms with Gasteiger partial charge in [0.1, 0.15) is 5.69 Å². The third kappa shape index (κ3) is 3.54. The highest BCUT2D eigenvalue weighted by Crippen LogP contribution is 2.33. The van der Waals surface area contributed by atoms with Gasteiger partial charge in [0.25, 0.3) is 11.8 Å². The number of aromatic nitrogens is 2. The number of hydrogen-bond donors (Lipinski definition) is 1. The van der Waals surface area contributed by atoms with Crippen LogP contribution >= 0.6 is 0 Å². The Hall–Kier alpha value is -3.62. The Balaban J connectivity index is 1.65. The first-order valence-corrected chi connectivity index (χ1v) is 9.18. The van der Waals surface area contributed by atoms with Gasteiger partial charge in [0.15, 0.2) is 0 Å². The molecule has 1 atom stereocenters. The number of nitrogens with zero attached hydrogens (tertiary/aromatic N) is 3. The minimum absolute atomic E-state index is 0.0991. The fraction of sp³-hybridized carbons (Fsp3) is 0.190. The van der Waals surface area contributed by atoms with Gasteiger partial charge in [0.05, 0.1) is 23.4 Å². The Bertz CT molecular complexity index is 1090. The van der Waals surface area contributed by atoms with E-state index in [0.717, 1.165) is 12.1 Å². The highest BCUT2D eigenvalue weighted by Gasteiger charge is 2.36. The number of amides is 2. The second-order valence-corrected chi connectivity index (χ2v) is 6.98. The van der Waals surface area contributed by atoms with E-state index in [1.807, 2.05) is 13.0 Å². The first-order valence-electron chi connectivity index (χ1n) is 9.18. The second kappa shape index (κ2) is 7.33. The van der Waals surface area contributed by atoms with Gasteiger partial charge in [-0.2, -0.15) is 18.3 Å². The summed E-state index contributed by atoms with van der Waals surface area (Å²) in [6.45, 7) is 2.04. The van der Waals surface area contributed by atoms with E-state index >= 15 is 0 Å². The molecule has 0 fully saturated rings. The Labute approximate surface area is 169 Å². The number of nitrogens with one attached hydrogen (secondary N) is 1. The smallest absolute Gasteiger partial charge is 0.322 e. The summed E-state index contributed by atoms with van der Waals surface area (Å²) in [7, 11) is 0. The lowest BCUT2D eigenvalue weighted by Crippen LogP contribution is -2.43. The van der Waals surface area contributed by atoms with Crippen molar-refractivity contribution in [1.82, 2.24) is 9.78 Å². The third-order valence-corrected chi connectivity index (χ3v) is 4.89. The zero-order chi connectivity index (χ0) is 21.5. The molecule has 3 aromatic rings. The molecule has 0 radical (unpaired) electrons. The number of fused-ring (bicyclic) bond motifs is 1. The maximum atomic E-state index is 13.1. The molecular formula is C21H17F3N4O2. The lowest BCUT2D eigenvalue weighted by atomic mass is 10.1. The van der Waals surface area contributed by atoms with Crippen LogP contribution in [0.2, 0.25) is 0 Å². The van der Waals surface area contributed by atoms with Crippen molar-refractivity contribution in [2.75, 3.05) is 16.8 Å². The molecule has 0 spiro atoms. The van der Waals surface area contributed by atoms with E-state index in [1.54, 1.807) is 24.3 Å². The van der Waals surface area contributed by atoms with Gasteiger partial charge in [-0.15, -0.1) is 0 Å². The average molecular weight is 414 g/mol. The van der Waals surface area contributed by atoms with Gasteiger partial charge in [-0.05, 0) is 43.3 Å². The second-order valence-electron chi connectivity index (χ2n) is 6.98. The fourth-order valence-corrected chi connectivity index (χ4v) is 3.40. The van der Waals surface area contributed by atoms with Crippen molar-refractivity contribution in [3.63, 3.8) is 0 Å². The van der Waals surface area contributed by atoms with Crippen LogP contribution in [0.3, 0.4) is 0 Å². The Morgan fingerprint density at radius 3 is 2.40 bits per heavy atom. The molecule has 0 aliphatic carbocycles. The van der Waals surface area contributed by atoms with Crippen molar-refractivity contribution in [2.24, 2.45) is 0 Å². The molecule has 6 nitrogen and oxygen atoms in total. The van der Waals surface area contributed by atoms with E-state index in [0.29, 0.717) is 11.4 Å². The summed E-state index contributed by atoms with van der Waals surface area (Å²) < 4.78 is 40.0. The van der Waals surface area contributed by atoms with Crippen LogP contribution < -0.4 is 10.2 Å². The molecule has 4 rings (SSSR count). The molecule has 0 bridgehead atoms. The molecule has 1 N–H and O–H groups in total. The van der Waals surface area contributed by atoms with E-state index in [2.05, 4.69) is 10.4 Å². The van der Waals surface area contributed by atoms with Crippen LogP contribution in [0.15, 0.2) is 60.8 Å². The lowest BCUT2D eigenvalue weighted by Gasteiger charge is -2.32. The highest BCUT2D eigenvalue weighted by molar-refractivity contribution is 6.15. The minimum atomic E-state index is -4.46. The zero-order valence-corrected chi connectivity index (χ0v) is 15.8. The number of carbonyl (C=O) groups is 2. The number of anilines is 2. The molecule has 1 aromatic heterocycles. The molecule has 0 saturated carbocycles. The van der Waals surface area contributed by atoms with E-state index in [9.17, 15) is 22.8 Å². The monoisotopic (exact) mass is 414 g/mol. The standard InChI is InChI=1S/C21H17F3N4O2/c1-13-12-27(16-9-7-14(8-10-16)21(22,23)24)20(30)18-17(11-25-28(13)18)19(29)26-15-5-3-2-4-6-15/h2-11,13H,12H2,1H3,(H,26,29)/t13-/m0/s1. The van der Waals surface area contributed by atoms with Crippen molar-refractivity contribution in [2.45, 2.75) is 19.1 Å². The summed E-state index contributed by atoms with van der Waals surface area (Å²) in [6, 6.07) is 12.9. The number of alkyl halides is 3. The van der Waals surface area contributed by atoms with Crippen LogP contribution in [-0.2, 0) is 6.18 Å². The first kappa shape index (κ1) is 19.7. The maximum absolute atomic E-state index is 13.1. The molecule has 9 heteroatoms. The summed E-state index contributed by atoms with van der Waals surface area (Å²) in [4.78, 5) is 27.2. The SMILES string of the molecule is C[C@H]1CN(c2ccc(C(F)(F)F)cc2)C(=O)c2c(C(=O)Nc3ccccc3)cnn21. The largest absolute Gasteiger partial charge is 0.416 e. The maximum Gasteiger partial charge on any atom is 0.416 e. The van der Waals surface area contributed by atoms with E-state index in [1.165, 1.54) is 27.9 Å². The molecule has 2 heterocycles. The summed E-state index contributed by atoms with van der Waals surface area (Å²) >= 11 is 0. The summed E-state index contributed by atoms with van der Waals surface area (Å²) in [6.07, 6.45) is -3.13. The van der Waals surface area contributed by atoms with Crippen LogP contribution in [0, 0.1) is 0 Å². The van der Waals surface area contributed by atoms with Gasteiger partial charge in [0.2, 0.25) is 0 Å². The molecule has 0 unspecified atom stereocenters. The lowest BCUT2D eigenvalue weighted by molar-refractivity contribution is -0.137. The van der Waals surface area contributed by atoms with Gasteiger partial charge in [-0.3, -0.25) is 14.3 Å². The third-order valence-electron chi connectivity index (χ3n) is 4.89. The number of halogens is 3. The van der Waals surface area contributed by atoms with E-state index < -0.39 is 23.6 Å². The molecule has 2 aromatic carbocycles. The Kier molecular flexibility index (Phi) is 4.81. The molecule has 2 amide bonds. The predicted molar refractivity (Wildman–Crippen MR) is 104 cm³/mol. The van der Waals surface area contributed by atoms with Gasteiger partial charge in [-0.25, -0.2) is 0 Å². The van der Waals surface area contributed by atoms with Crippen LogP contribution in [0.25, 0.3) is 0 Å². The Morgan fingerprint density at radius 2 is 1.77 bits per heavy atom. The van der Waals surface area contributed by atoms with Crippen LogP contribution in [0.4, 0.5) is 24.5 Å². The molecule has 1 aliphatic heterocycles. The number of para-hydroxylation sites is 1. The normalized spacial score (nSPS) is 16.3. The number of rotatable bonds is 3. The molecule has 154 valence electrons. The van der Waals surface area contributed by atoms with Gasteiger partial charge < -0.3 is 10.2 Å². The van der Waals surface area contributed by atoms with Crippen LogP contribution in [-0.4, -0.2) is 28.1 Å². The minimum Gasteiger partial charge on any atom is -0.322 e. The number of carbonyl (C=O) groups excluding carboxylic acids is 2. The van der Waals surface area contributed by atoms with Gasteiger partial charge >= 0.3 is 6.18 Å². The summed E-state index contributed by atoms with van der Waals surface area (Å²) in [5.74, 6) is -0.985. The van der Waals surface area contributed by atoms with Crippen molar-refractivity contribution >= 4 is 23.2 Å².